The molecule has 2 aromatic carbocycles. The van der Waals surface area contributed by atoms with Gasteiger partial charge in [0, 0.05) is 0 Å². The number of imide groups is 1. The molecule has 0 fully saturated rings. The highest BCUT2D eigenvalue weighted by Gasteiger charge is 2.39. The summed E-state index contributed by atoms with van der Waals surface area (Å²) in [7, 11) is 0. The van der Waals surface area contributed by atoms with Crippen LogP contribution >= 0.6 is 11.6 Å². The molecule has 0 aliphatic carbocycles. The number of halogens is 1. The monoisotopic (exact) mass is 355 g/mol. The summed E-state index contributed by atoms with van der Waals surface area (Å²) < 4.78 is 5.60. The number of aryl methyl sites for hydroxylation is 1. The Hall–Kier alpha value is -2.59. The smallest absolute Gasteiger partial charge is 0.277 e. The van der Waals surface area contributed by atoms with E-state index >= 15 is 0 Å². The molecule has 1 aliphatic rings. The van der Waals surface area contributed by atoms with Crippen LogP contribution in [0, 0.1) is 6.92 Å². The first kappa shape index (κ1) is 17.2. The number of amides is 2. The number of anilines is 1. The quantitative estimate of drug-likeness (QED) is 0.768. The molecule has 2 amide bonds. The first-order valence-electron chi connectivity index (χ1n) is 8.01. The van der Waals surface area contributed by atoms with Gasteiger partial charge in [0.1, 0.15) is 10.8 Å². The van der Waals surface area contributed by atoms with Gasteiger partial charge in [-0.3, -0.25) is 9.59 Å². The highest BCUT2D eigenvalue weighted by molar-refractivity contribution is 6.60. The van der Waals surface area contributed by atoms with Gasteiger partial charge in [0.05, 0.1) is 17.4 Å². The lowest BCUT2D eigenvalue weighted by molar-refractivity contribution is -0.119. The number of carbonyl (C=O) groups excluding carboxylic acids is 2. The number of hydrogen-bond acceptors (Lipinski definition) is 3. The molecule has 128 valence electrons. The van der Waals surface area contributed by atoms with Crippen LogP contribution in [0.2, 0.25) is 0 Å². The predicted octanol–water partition coefficient (Wildman–Crippen LogP) is 4.31. The number of ether oxygens (including phenoxy) is 1. The Morgan fingerprint density at radius 2 is 1.60 bits per heavy atom. The van der Waals surface area contributed by atoms with Gasteiger partial charge in [0.15, 0.2) is 0 Å². The third-order valence-electron chi connectivity index (χ3n) is 3.90. The Morgan fingerprint density at radius 1 is 0.960 bits per heavy atom. The highest BCUT2D eigenvalue weighted by atomic mass is 35.5. The van der Waals surface area contributed by atoms with Crippen LogP contribution in [0.5, 0.6) is 5.75 Å². The standard InChI is InChI=1S/C20H18ClNO3/c1-12(2)25-15-10-8-14(9-11-15)17-18(21)20(24)22(19(17)23)16-7-5-4-6-13(16)3/h4-12H,1-3H3. The zero-order valence-electron chi connectivity index (χ0n) is 14.2. The summed E-state index contributed by atoms with van der Waals surface area (Å²) in [4.78, 5) is 26.6. The van der Waals surface area contributed by atoms with Crippen molar-refractivity contribution in [1.29, 1.82) is 0 Å². The molecule has 0 aromatic heterocycles. The second-order valence-corrected chi connectivity index (χ2v) is 6.49. The van der Waals surface area contributed by atoms with Gasteiger partial charge in [-0.2, -0.15) is 0 Å². The molecule has 25 heavy (non-hydrogen) atoms. The van der Waals surface area contributed by atoms with Crippen molar-refractivity contribution in [3.8, 4) is 5.75 Å². The van der Waals surface area contributed by atoms with Crippen molar-refractivity contribution in [2.24, 2.45) is 0 Å². The summed E-state index contributed by atoms with van der Waals surface area (Å²) in [5, 5.41) is -0.0641. The third kappa shape index (κ3) is 3.17. The number of para-hydroxylation sites is 1. The van der Waals surface area contributed by atoms with Crippen LogP contribution in [0.3, 0.4) is 0 Å². The maximum atomic E-state index is 12.9. The first-order valence-corrected chi connectivity index (χ1v) is 8.39. The fourth-order valence-electron chi connectivity index (χ4n) is 2.76. The SMILES string of the molecule is Cc1ccccc1N1C(=O)C(Cl)=C(c2ccc(OC(C)C)cc2)C1=O. The van der Waals surface area contributed by atoms with Gasteiger partial charge >= 0.3 is 0 Å². The average molecular weight is 356 g/mol. The Kier molecular flexibility index (Phi) is 4.64. The first-order chi connectivity index (χ1) is 11.9. The van der Waals surface area contributed by atoms with E-state index in [9.17, 15) is 9.59 Å². The van der Waals surface area contributed by atoms with E-state index in [2.05, 4.69) is 0 Å². The molecule has 0 bridgehead atoms. The lowest BCUT2D eigenvalue weighted by Gasteiger charge is -2.17. The lowest BCUT2D eigenvalue weighted by Crippen LogP contribution is -2.31. The minimum Gasteiger partial charge on any atom is -0.491 e. The largest absolute Gasteiger partial charge is 0.491 e. The fraction of sp³-hybridized carbons (Fsp3) is 0.200. The van der Waals surface area contributed by atoms with Crippen molar-refractivity contribution in [3.63, 3.8) is 0 Å². The van der Waals surface area contributed by atoms with Crippen LogP contribution in [0.4, 0.5) is 5.69 Å². The highest BCUT2D eigenvalue weighted by Crippen LogP contribution is 2.36. The zero-order valence-corrected chi connectivity index (χ0v) is 15.0. The Labute approximate surface area is 151 Å². The van der Waals surface area contributed by atoms with E-state index in [1.54, 1.807) is 36.4 Å². The predicted molar refractivity (Wildman–Crippen MR) is 98.7 cm³/mol. The maximum Gasteiger partial charge on any atom is 0.277 e. The Bertz CT molecular complexity index is 869. The molecule has 0 spiro atoms. The van der Waals surface area contributed by atoms with E-state index < -0.39 is 11.8 Å². The molecule has 0 radical (unpaired) electrons. The molecule has 1 aliphatic heterocycles. The van der Waals surface area contributed by atoms with Crippen molar-refractivity contribution < 1.29 is 14.3 Å². The number of rotatable bonds is 4. The molecule has 5 heteroatoms. The van der Waals surface area contributed by atoms with Crippen LogP contribution in [0.25, 0.3) is 5.57 Å². The van der Waals surface area contributed by atoms with Crippen LogP contribution in [0.1, 0.15) is 25.0 Å². The normalized spacial score (nSPS) is 14.7. The van der Waals surface area contributed by atoms with Gasteiger partial charge in [-0.05, 0) is 50.1 Å². The molecule has 0 N–H and O–H groups in total. The van der Waals surface area contributed by atoms with Gasteiger partial charge in [-0.25, -0.2) is 4.90 Å². The van der Waals surface area contributed by atoms with E-state index in [0.29, 0.717) is 17.0 Å². The summed E-state index contributed by atoms with van der Waals surface area (Å²) in [6.07, 6.45) is 0.0555. The minimum absolute atomic E-state index is 0.0555. The third-order valence-corrected chi connectivity index (χ3v) is 4.25. The summed E-state index contributed by atoms with van der Waals surface area (Å²) >= 11 is 6.22. The molecule has 1 heterocycles. The van der Waals surface area contributed by atoms with Crippen LogP contribution in [-0.4, -0.2) is 17.9 Å². The van der Waals surface area contributed by atoms with Gasteiger partial charge < -0.3 is 4.74 Å². The molecule has 4 nitrogen and oxygen atoms in total. The summed E-state index contributed by atoms with van der Waals surface area (Å²) in [6.45, 7) is 5.72. The molecule has 0 atom stereocenters. The van der Waals surface area contributed by atoms with Crippen LogP contribution in [0.15, 0.2) is 53.6 Å². The summed E-state index contributed by atoms with van der Waals surface area (Å²) in [5.41, 5.74) is 2.18. The summed E-state index contributed by atoms with van der Waals surface area (Å²) in [5.74, 6) is -0.219. The zero-order chi connectivity index (χ0) is 18.1. The molecule has 0 unspecified atom stereocenters. The molecule has 0 saturated heterocycles. The Morgan fingerprint density at radius 3 is 2.20 bits per heavy atom. The van der Waals surface area contributed by atoms with Gasteiger partial charge in [-0.15, -0.1) is 0 Å². The molecule has 0 saturated carbocycles. The molecular formula is C20H18ClNO3. The van der Waals surface area contributed by atoms with Gasteiger partial charge in [-0.1, -0.05) is 41.9 Å². The van der Waals surface area contributed by atoms with Crippen molar-refractivity contribution in [2.75, 3.05) is 4.90 Å². The number of nitrogens with zero attached hydrogens (tertiary/aromatic N) is 1. The molecule has 2 aromatic rings. The topological polar surface area (TPSA) is 46.6 Å². The van der Waals surface area contributed by atoms with E-state index in [0.717, 1.165) is 10.5 Å². The number of hydrogen-bond donors (Lipinski definition) is 0. The number of benzene rings is 2. The summed E-state index contributed by atoms with van der Waals surface area (Å²) in [6, 6.07) is 14.2. The van der Waals surface area contributed by atoms with Gasteiger partial charge in [0.25, 0.3) is 11.8 Å². The fourth-order valence-corrected chi connectivity index (χ4v) is 3.03. The van der Waals surface area contributed by atoms with E-state index in [1.165, 1.54) is 0 Å². The molecular weight excluding hydrogens is 338 g/mol. The average Bonchev–Trinajstić information content (AvgIpc) is 2.79. The second-order valence-electron chi connectivity index (χ2n) is 6.11. The Balaban J connectivity index is 1.96. The lowest BCUT2D eigenvalue weighted by atomic mass is 10.1. The van der Waals surface area contributed by atoms with Crippen LogP contribution in [-0.2, 0) is 9.59 Å². The van der Waals surface area contributed by atoms with Crippen molar-refractivity contribution in [3.05, 3.63) is 64.7 Å². The van der Waals surface area contributed by atoms with E-state index in [4.69, 9.17) is 16.3 Å². The second kappa shape index (κ2) is 6.73. The van der Waals surface area contributed by atoms with E-state index in [-0.39, 0.29) is 16.7 Å². The minimum atomic E-state index is -0.501. The van der Waals surface area contributed by atoms with Crippen molar-refractivity contribution >= 4 is 34.7 Å². The van der Waals surface area contributed by atoms with Crippen molar-refractivity contribution in [1.82, 2.24) is 0 Å². The van der Waals surface area contributed by atoms with Gasteiger partial charge in [0.2, 0.25) is 0 Å². The van der Waals surface area contributed by atoms with E-state index in [1.807, 2.05) is 32.9 Å². The maximum absolute atomic E-state index is 12.9. The van der Waals surface area contributed by atoms with Crippen molar-refractivity contribution in [2.45, 2.75) is 26.9 Å². The molecule has 3 rings (SSSR count). The van der Waals surface area contributed by atoms with Crippen LogP contribution < -0.4 is 9.64 Å². The number of carbonyl (C=O) groups is 2.